The van der Waals surface area contributed by atoms with Crippen LogP contribution >= 0.6 is 11.6 Å². The standard InChI is InChI=1S/C19H24ClNO2/c1-3-22-17-7-5-6-14(11-17)10-15(13-21)18-12-16(20)8-9-19(18)23-4-2/h5-9,11-12,15H,3-4,10,13,21H2,1-2H3. The summed E-state index contributed by atoms with van der Waals surface area (Å²) in [6.45, 7) is 5.76. The van der Waals surface area contributed by atoms with Crippen molar-refractivity contribution in [3.8, 4) is 11.5 Å². The molecule has 1 unspecified atom stereocenters. The summed E-state index contributed by atoms with van der Waals surface area (Å²) in [4.78, 5) is 0. The predicted octanol–water partition coefficient (Wildman–Crippen LogP) is 4.42. The average Bonchev–Trinajstić information content (AvgIpc) is 2.55. The van der Waals surface area contributed by atoms with Crippen molar-refractivity contribution in [3.63, 3.8) is 0 Å². The Morgan fingerprint density at radius 2 is 1.83 bits per heavy atom. The van der Waals surface area contributed by atoms with Gasteiger partial charge in [0.05, 0.1) is 13.2 Å². The fourth-order valence-corrected chi connectivity index (χ4v) is 2.84. The second-order valence-corrected chi connectivity index (χ2v) is 5.77. The molecule has 2 N–H and O–H groups in total. The minimum absolute atomic E-state index is 0.145. The Balaban J connectivity index is 2.26. The number of hydrogen-bond donors (Lipinski definition) is 1. The smallest absolute Gasteiger partial charge is 0.122 e. The highest BCUT2D eigenvalue weighted by molar-refractivity contribution is 6.30. The molecule has 0 aliphatic heterocycles. The van der Waals surface area contributed by atoms with Crippen LogP contribution in [0.25, 0.3) is 0 Å². The van der Waals surface area contributed by atoms with Crippen molar-refractivity contribution in [2.45, 2.75) is 26.2 Å². The number of benzene rings is 2. The quantitative estimate of drug-likeness (QED) is 0.777. The molecule has 4 heteroatoms. The van der Waals surface area contributed by atoms with Gasteiger partial charge in [0.15, 0.2) is 0 Å². The molecule has 0 radical (unpaired) electrons. The van der Waals surface area contributed by atoms with Crippen LogP contribution in [0.4, 0.5) is 0 Å². The molecular weight excluding hydrogens is 310 g/mol. The van der Waals surface area contributed by atoms with E-state index in [0.717, 1.165) is 23.5 Å². The minimum atomic E-state index is 0.145. The highest BCUT2D eigenvalue weighted by atomic mass is 35.5. The molecule has 0 bridgehead atoms. The molecule has 0 aliphatic rings. The second kappa shape index (κ2) is 8.80. The molecule has 0 amide bonds. The van der Waals surface area contributed by atoms with Gasteiger partial charge in [-0.1, -0.05) is 23.7 Å². The first-order valence-corrected chi connectivity index (χ1v) is 8.39. The van der Waals surface area contributed by atoms with Crippen molar-refractivity contribution in [2.75, 3.05) is 19.8 Å². The number of halogens is 1. The van der Waals surface area contributed by atoms with Gasteiger partial charge in [-0.3, -0.25) is 0 Å². The van der Waals surface area contributed by atoms with E-state index in [1.165, 1.54) is 5.56 Å². The first-order valence-electron chi connectivity index (χ1n) is 8.02. The summed E-state index contributed by atoms with van der Waals surface area (Å²) in [7, 11) is 0. The van der Waals surface area contributed by atoms with E-state index >= 15 is 0 Å². The first kappa shape index (κ1) is 17.6. The Labute approximate surface area is 143 Å². The lowest BCUT2D eigenvalue weighted by Gasteiger charge is -2.20. The van der Waals surface area contributed by atoms with Crippen LogP contribution in [0.3, 0.4) is 0 Å². The third-order valence-corrected chi connectivity index (χ3v) is 3.92. The maximum Gasteiger partial charge on any atom is 0.122 e. The van der Waals surface area contributed by atoms with Crippen LogP contribution in [0.1, 0.15) is 30.9 Å². The molecular formula is C19H24ClNO2. The zero-order valence-electron chi connectivity index (χ0n) is 13.7. The fraction of sp³-hybridized carbons (Fsp3) is 0.368. The first-order chi connectivity index (χ1) is 11.2. The maximum atomic E-state index is 6.17. The molecule has 2 aromatic rings. The van der Waals surface area contributed by atoms with Crippen LogP contribution in [0, 0.1) is 0 Å². The molecule has 2 aromatic carbocycles. The van der Waals surface area contributed by atoms with Gasteiger partial charge in [0, 0.05) is 16.5 Å². The van der Waals surface area contributed by atoms with Crippen molar-refractivity contribution in [1.82, 2.24) is 0 Å². The average molecular weight is 334 g/mol. The molecule has 0 aliphatic carbocycles. The summed E-state index contributed by atoms with van der Waals surface area (Å²) in [5, 5.41) is 0.699. The van der Waals surface area contributed by atoms with Crippen LogP contribution in [-0.4, -0.2) is 19.8 Å². The Morgan fingerprint density at radius 3 is 2.52 bits per heavy atom. The summed E-state index contributed by atoms with van der Waals surface area (Å²) < 4.78 is 11.3. The number of nitrogens with two attached hydrogens (primary N) is 1. The zero-order chi connectivity index (χ0) is 16.7. The van der Waals surface area contributed by atoms with E-state index in [1.54, 1.807) is 0 Å². The molecule has 124 valence electrons. The lowest BCUT2D eigenvalue weighted by molar-refractivity contribution is 0.334. The molecule has 0 heterocycles. The molecule has 0 spiro atoms. The lowest BCUT2D eigenvalue weighted by Crippen LogP contribution is -2.16. The lowest BCUT2D eigenvalue weighted by atomic mass is 9.91. The Bertz CT molecular complexity index is 631. The van der Waals surface area contributed by atoms with Crippen molar-refractivity contribution in [2.24, 2.45) is 5.73 Å². The maximum absolute atomic E-state index is 6.17. The Kier molecular flexibility index (Phi) is 6.75. The molecule has 1 atom stereocenters. The van der Waals surface area contributed by atoms with Gasteiger partial charge < -0.3 is 15.2 Å². The second-order valence-electron chi connectivity index (χ2n) is 5.33. The topological polar surface area (TPSA) is 44.5 Å². The molecule has 0 saturated carbocycles. The van der Waals surface area contributed by atoms with Crippen LogP contribution in [0.5, 0.6) is 11.5 Å². The Hall–Kier alpha value is -1.71. The normalized spacial score (nSPS) is 12.0. The largest absolute Gasteiger partial charge is 0.494 e. The van der Waals surface area contributed by atoms with E-state index in [4.69, 9.17) is 26.8 Å². The minimum Gasteiger partial charge on any atom is -0.494 e. The third kappa shape index (κ3) is 4.88. The SMILES string of the molecule is CCOc1cccc(CC(CN)c2cc(Cl)ccc2OCC)c1. The van der Waals surface area contributed by atoms with E-state index in [0.29, 0.717) is 24.8 Å². The van der Waals surface area contributed by atoms with Crippen molar-refractivity contribution >= 4 is 11.6 Å². The molecule has 0 fully saturated rings. The van der Waals surface area contributed by atoms with Gasteiger partial charge in [-0.25, -0.2) is 0 Å². The van der Waals surface area contributed by atoms with Crippen LogP contribution in [0.2, 0.25) is 5.02 Å². The molecule has 0 saturated heterocycles. The van der Waals surface area contributed by atoms with Crippen molar-refractivity contribution in [1.29, 1.82) is 0 Å². The number of hydrogen-bond acceptors (Lipinski definition) is 3. The highest BCUT2D eigenvalue weighted by Gasteiger charge is 2.17. The van der Waals surface area contributed by atoms with E-state index in [1.807, 2.05) is 44.2 Å². The molecule has 2 rings (SSSR count). The monoisotopic (exact) mass is 333 g/mol. The molecule has 0 aromatic heterocycles. The molecule has 23 heavy (non-hydrogen) atoms. The van der Waals surface area contributed by atoms with E-state index in [-0.39, 0.29) is 5.92 Å². The summed E-state index contributed by atoms with van der Waals surface area (Å²) in [5.41, 5.74) is 8.28. The van der Waals surface area contributed by atoms with E-state index in [2.05, 4.69) is 12.1 Å². The summed E-state index contributed by atoms with van der Waals surface area (Å²) in [5.74, 6) is 1.89. The van der Waals surface area contributed by atoms with Gasteiger partial charge in [0.2, 0.25) is 0 Å². The van der Waals surface area contributed by atoms with Gasteiger partial charge in [0.25, 0.3) is 0 Å². The fourth-order valence-electron chi connectivity index (χ4n) is 2.66. The van der Waals surface area contributed by atoms with Crippen LogP contribution in [0.15, 0.2) is 42.5 Å². The van der Waals surface area contributed by atoms with Gasteiger partial charge in [0.1, 0.15) is 11.5 Å². The number of ether oxygens (including phenoxy) is 2. The summed E-state index contributed by atoms with van der Waals surface area (Å²) in [6, 6.07) is 13.9. The van der Waals surface area contributed by atoms with Crippen LogP contribution in [-0.2, 0) is 6.42 Å². The van der Waals surface area contributed by atoms with E-state index < -0.39 is 0 Å². The highest BCUT2D eigenvalue weighted by Crippen LogP contribution is 2.32. The Morgan fingerprint density at radius 1 is 1.04 bits per heavy atom. The zero-order valence-corrected chi connectivity index (χ0v) is 14.5. The third-order valence-electron chi connectivity index (χ3n) is 3.69. The summed E-state index contributed by atoms with van der Waals surface area (Å²) >= 11 is 6.17. The number of rotatable bonds is 8. The van der Waals surface area contributed by atoms with Crippen molar-refractivity contribution in [3.05, 3.63) is 58.6 Å². The van der Waals surface area contributed by atoms with Crippen molar-refractivity contribution < 1.29 is 9.47 Å². The predicted molar refractivity (Wildman–Crippen MR) is 95.7 cm³/mol. The van der Waals surface area contributed by atoms with Gasteiger partial charge >= 0.3 is 0 Å². The van der Waals surface area contributed by atoms with Gasteiger partial charge in [-0.05, 0) is 62.7 Å². The van der Waals surface area contributed by atoms with Gasteiger partial charge in [-0.15, -0.1) is 0 Å². The summed E-state index contributed by atoms with van der Waals surface area (Å²) in [6.07, 6.45) is 0.817. The molecule has 3 nitrogen and oxygen atoms in total. The van der Waals surface area contributed by atoms with E-state index in [9.17, 15) is 0 Å². The van der Waals surface area contributed by atoms with Gasteiger partial charge in [-0.2, -0.15) is 0 Å². The van der Waals surface area contributed by atoms with Crippen LogP contribution < -0.4 is 15.2 Å².